The molecular weight excluding hydrogens is 375 g/mol. The summed E-state index contributed by atoms with van der Waals surface area (Å²) in [5.41, 5.74) is 2.50. The van der Waals surface area contributed by atoms with Gasteiger partial charge in [-0.25, -0.2) is 9.78 Å². The molecule has 0 aromatic carbocycles. The minimum atomic E-state index is -5.08. The number of carbonyl (C=O) groups is 2. The molecule has 0 aliphatic carbocycles. The highest BCUT2D eigenvalue weighted by Gasteiger charge is 2.38. The molecule has 1 amide bonds. The van der Waals surface area contributed by atoms with Crippen LogP contribution in [0.1, 0.15) is 43.7 Å². The normalized spacial score (nSPS) is 11.5. The van der Waals surface area contributed by atoms with Crippen LogP contribution in [-0.2, 0) is 4.79 Å². The monoisotopic (exact) mass is 401 g/mol. The summed E-state index contributed by atoms with van der Waals surface area (Å²) >= 11 is 0. The fraction of sp³-hybridized carbons (Fsp3) is 0.526. The number of carboxylic acid groups (broad SMARTS) is 1. The summed E-state index contributed by atoms with van der Waals surface area (Å²) in [6.07, 6.45) is -1.31. The number of carboxylic acids is 1. The lowest BCUT2D eigenvalue weighted by Gasteiger charge is -2.25. The second kappa shape index (κ2) is 9.57. The summed E-state index contributed by atoms with van der Waals surface area (Å²) in [5.74, 6) is -1.83. The van der Waals surface area contributed by atoms with Crippen molar-refractivity contribution in [3.8, 4) is 0 Å². The van der Waals surface area contributed by atoms with Crippen LogP contribution in [-0.4, -0.2) is 50.5 Å². The van der Waals surface area contributed by atoms with E-state index in [1.165, 1.54) is 0 Å². The van der Waals surface area contributed by atoms with Crippen LogP contribution >= 0.6 is 0 Å². The molecule has 2 rings (SSSR count). The largest absolute Gasteiger partial charge is 0.490 e. The molecule has 2 aromatic rings. The molecule has 0 saturated carbocycles. The van der Waals surface area contributed by atoms with E-state index in [0.717, 1.165) is 24.3 Å². The summed E-state index contributed by atoms with van der Waals surface area (Å²) in [5, 5.41) is 7.12. The molecule has 0 aliphatic rings. The average molecular weight is 401 g/mol. The molecule has 0 saturated heterocycles. The van der Waals surface area contributed by atoms with Gasteiger partial charge < -0.3 is 14.4 Å². The van der Waals surface area contributed by atoms with Crippen molar-refractivity contribution >= 4 is 17.5 Å². The van der Waals surface area contributed by atoms with Gasteiger partial charge in [0.05, 0.1) is 0 Å². The van der Waals surface area contributed by atoms with Crippen molar-refractivity contribution in [1.82, 2.24) is 14.3 Å². The minimum absolute atomic E-state index is 0.0266. The van der Waals surface area contributed by atoms with E-state index in [1.807, 2.05) is 40.8 Å². The second-order valence-corrected chi connectivity index (χ2v) is 7.40. The van der Waals surface area contributed by atoms with Crippen molar-refractivity contribution < 1.29 is 27.9 Å². The van der Waals surface area contributed by atoms with Gasteiger partial charge in [0.25, 0.3) is 5.91 Å². The number of amides is 1. The van der Waals surface area contributed by atoms with Crippen LogP contribution in [0.15, 0.2) is 24.5 Å². The van der Waals surface area contributed by atoms with E-state index in [1.54, 1.807) is 0 Å². The van der Waals surface area contributed by atoms with Crippen LogP contribution < -0.4 is 0 Å². The van der Waals surface area contributed by atoms with E-state index in [-0.39, 0.29) is 5.91 Å². The van der Waals surface area contributed by atoms with E-state index in [2.05, 4.69) is 32.7 Å². The molecule has 9 heteroatoms. The minimum Gasteiger partial charge on any atom is -0.475 e. The van der Waals surface area contributed by atoms with Gasteiger partial charge in [0, 0.05) is 25.5 Å². The van der Waals surface area contributed by atoms with Crippen molar-refractivity contribution in [2.45, 2.75) is 40.8 Å². The van der Waals surface area contributed by atoms with E-state index in [9.17, 15) is 18.0 Å². The van der Waals surface area contributed by atoms with Gasteiger partial charge in [-0.05, 0) is 36.5 Å². The van der Waals surface area contributed by atoms with Crippen LogP contribution in [0.5, 0.6) is 0 Å². The van der Waals surface area contributed by atoms with Crippen molar-refractivity contribution in [2.24, 2.45) is 11.8 Å². The standard InChI is InChI=1S/C17H25N3O.C2HF3O2/c1-12(2)9-20(10-13(3)4)17(21)15-11-19-7-6-14(5)8-16(19)18-15;3-2(4,5)1(6)7/h6-8,11-13H,9-10H2,1-5H3;(H,6,7). The van der Waals surface area contributed by atoms with Crippen molar-refractivity contribution in [2.75, 3.05) is 13.1 Å². The van der Waals surface area contributed by atoms with Gasteiger partial charge in [0.2, 0.25) is 0 Å². The Bertz CT molecular complexity index is 804. The summed E-state index contributed by atoms with van der Waals surface area (Å²) in [7, 11) is 0. The summed E-state index contributed by atoms with van der Waals surface area (Å²) in [4.78, 5) is 28.0. The summed E-state index contributed by atoms with van der Waals surface area (Å²) in [6, 6.07) is 4.01. The Morgan fingerprint density at radius 3 is 2.11 bits per heavy atom. The van der Waals surface area contributed by atoms with E-state index >= 15 is 0 Å². The molecule has 6 nitrogen and oxygen atoms in total. The molecule has 1 N–H and O–H groups in total. The highest BCUT2D eigenvalue weighted by Crippen LogP contribution is 2.13. The van der Waals surface area contributed by atoms with Gasteiger partial charge in [-0.15, -0.1) is 0 Å². The van der Waals surface area contributed by atoms with Gasteiger partial charge in [-0.2, -0.15) is 13.2 Å². The number of hydrogen-bond donors (Lipinski definition) is 1. The molecule has 2 heterocycles. The first-order valence-corrected chi connectivity index (χ1v) is 8.86. The lowest BCUT2D eigenvalue weighted by Crippen LogP contribution is -2.37. The average Bonchev–Trinajstić information content (AvgIpc) is 2.95. The van der Waals surface area contributed by atoms with Crippen LogP contribution in [0.3, 0.4) is 0 Å². The number of imidazole rings is 1. The zero-order chi connectivity index (χ0) is 21.6. The third-order valence-electron chi connectivity index (χ3n) is 3.54. The number of hydrogen-bond acceptors (Lipinski definition) is 3. The Labute approximate surface area is 162 Å². The number of aromatic nitrogens is 2. The Balaban J connectivity index is 0.000000480. The number of pyridine rings is 1. The molecule has 28 heavy (non-hydrogen) atoms. The quantitative estimate of drug-likeness (QED) is 0.821. The van der Waals surface area contributed by atoms with Gasteiger partial charge in [-0.3, -0.25) is 4.79 Å². The number of halogens is 3. The number of rotatable bonds is 5. The molecule has 156 valence electrons. The third-order valence-corrected chi connectivity index (χ3v) is 3.54. The molecule has 0 radical (unpaired) electrons. The first kappa shape index (κ1) is 23.5. The molecule has 2 aromatic heterocycles. The molecule has 0 aliphatic heterocycles. The topological polar surface area (TPSA) is 74.9 Å². The number of nitrogens with zero attached hydrogens (tertiary/aromatic N) is 3. The zero-order valence-electron chi connectivity index (χ0n) is 16.6. The van der Waals surface area contributed by atoms with E-state index < -0.39 is 12.1 Å². The van der Waals surface area contributed by atoms with Crippen LogP contribution in [0.4, 0.5) is 13.2 Å². The van der Waals surface area contributed by atoms with Gasteiger partial charge >= 0.3 is 12.1 Å². The van der Waals surface area contributed by atoms with Crippen LogP contribution in [0, 0.1) is 18.8 Å². The lowest BCUT2D eigenvalue weighted by molar-refractivity contribution is -0.192. The Morgan fingerprint density at radius 2 is 1.68 bits per heavy atom. The molecule has 0 fully saturated rings. The predicted octanol–water partition coefficient (Wildman–Crippen LogP) is 4.03. The summed E-state index contributed by atoms with van der Waals surface area (Å²) < 4.78 is 33.6. The zero-order valence-corrected chi connectivity index (χ0v) is 16.6. The molecule has 0 atom stereocenters. The fourth-order valence-corrected chi connectivity index (χ4v) is 2.47. The first-order valence-electron chi connectivity index (χ1n) is 8.86. The third kappa shape index (κ3) is 7.21. The highest BCUT2D eigenvalue weighted by atomic mass is 19.4. The highest BCUT2D eigenvalue weighted by molar-refractivity contribution is 5.93. The van der Waals surface area contributed by atoms with E-state index in [4.69, 9.17) is 9.90 Å². The van der Waals surface area contributed by atoms with E-state index in [0.29, 0.717) is 17.5 Å². The molecule has 0 bridgehead atoms. The SMILES string of the molecule is Cc1ccn2cc(C(=O)N(CC(C)C)CC(C)C)nc2c1.O=C(O)C(F)(F)F. The number of carbonyl (C=O) groups excluding carboxylic acids is 1. The smallest absolute Gasteiger partial charge is 0.475 e. The summed E-state index contributed by atoms with van der Waals surface area (Å²) in [6.45, 7) is 12.1. The maximum atomic E-state index is 12.7. The number of alkyl halides is 3. The fourth-order valence-electron chi connectivity index (χ4n) is 2.47. The van der Waals surface area contributed by atoms with Crippen molar-refractivity contribution in [1.29, 1.82) is 0 Å². The maximum Gasteiger partial charge on any atom is 0.490 e. The lowest BCUT2D eigenvalue weighted by atomic mass is 10.1. The number of aliphatic carboxylic acids is 1. The maximum absolute atomic E-state index is 12.7. The molecule has 0 unspecified atom stereocenters. The van der Waals surface area contributed by atoms with Crippen LogP contribution in [0.25, 0.3) is 5.65 Å². The predicted molar refractivity (Wildman–Crippen MR) is 99.2 cm³/mol. The Morgan fingerprint density at radius 1 is 1.18 bits per heavy atom. The van der Waals surface area contributed by atoms with Gasteiger partial charge in [0.15, 0.2) is 0 Å². The Hall–Kier alpha value is -2.58. The molecular formula is C19H26F3N3O3. The number of aryl methyl sites for hydroxylation is 1. The number of fused-ring (bicyclic) bond motifs is 1. The van der Waals surface area contributed by atoms with Crippen molar-refractivity contribution in [3.63, 3.8) is 0 Å². The molecule has 0 spiro atoms. The second-order valence-electron chi connectivity index (χ2n) is 7.40. The van der Waals surface area contributed by atoms with Crippen molar-refractivity contribution in [3.05, 3.63) is 35.8 Å². The Kier molecular flexibility index (Phi) is 8.01. The van der Waals surface area contributed by atoms with Gasteiger partial charge in [-0.1, -0.05) is 27.7 Å². The van der Waals surface area contributed by atoms with Crippen LogP contribution in [0.2, 0.25) is 0 Å². The first-order chi connectivity index (χ1) is 12.8. The van der Waals surface area contributed by atoms with Gasteiger partial charge in [0.1, 0.15) is 11.3 Å².